The molecule has 9 nitrogen and oxygen atoms in total. The van der Waals surface area contributed by atoms with E-state index >= 15 is 0 Å². The Labute approximate surface area is 161 Å². The van der Waals surface area contributed by atoms with Crippen molar-refractivity contribution in [1.29, 1.82) is 0 Å². The van der Waals surface area contributed by atoms with Crippen LogP contribution in [-0.2, 0) is 28.9 Å². The van der Waals surface area contributed by atoms with Gasteiger partial charge in [-0.05, 0) is 31.1 Å². The number of carbonyl (C=O) groups is 3. The number of hydrogen-bond donors (Lipinski definition) is 1. The topological polar surface area (TPSA) is 118 Å². The molecule has 0 aliphatic rings. The van der Waals surface area contributed by atoms with Crippen LogP contribution >= 0.6 is 0 Å². The van der Waals surface area contributed by atoms with Gasteiger partial charge in [0, 0.05) is 6.42 Å². The maximum absolute atomic E-state index is 10.6. The largest absolute Gasteiger partial charge is 0.549 e. The molecule has 0 spiro atoms. The van der Waals surface area contributed by atoms with Crippen LogP contribution in [0.2, 0.25) is 0 Å². The van der Waals surface area contributed by atoms with Gasteiger partial charge in [-0.15, -0.1) is 0 Å². The molecule has 0 saturated heterocycles. The number of unbranched alkanes of at least 4 members (excludes halogenated alkanes) is 2. The van der Waals surface area contributed by atoms with Crippen molar-refractivity contribution in [3.63, 3.8) is 0 Å². The van der Waals surface area contributed by atoms with E-state index in [0.717, 1.165) is 19.3 Å². The lowest BCUT2D eigenvalue weighted by atomic mass is 9.89. The molecular weight excluding hydrogens is 360 g/mol. The molecule has 0 aromatic carbocycles. The Morgan fingerprint density at radius 2 is 1.30 bits per heavy atom. The first kappa shape index (κ1) is 27.2. The summed E-state index contributed by atoms with van der Waals surface area (Å²) < 4.78 is 8.90. The van der Waals surface area contributed by atoms with Crippen LogP contribution in [0.4, 0.5) is 9.59 Å². The molecule has 0 aliphatic heterocycles. The van der Waals surface area contributed by atoms with Crippen molar-refractivity contribution in [3.05, 3.63) is 0 Å². The molecule has 0 radical (unpaired) electrons. The molecule has 0 aliphatic carbocycles. The third-order valence-corrected chi connectivity index (χ3v) is 2.94. The van der Waals surface area contributed by atoms with Crippen LogP contribution in [-0.4, -0.2) is 36.8 Å². The predicted molar refractivity (Wildman–Crippen MR) is 96.7 cm³/mol. The molecule has 27 heavy (non-hydrogen) atoms. The van der Waals surface area contributed by atoms with Crippen molar-refractivity contribution in [2.75, 3.05) is 13.2 Å². The van der Waals surface area contributed by atoms with Gasteiger partial charge in [-0.25, -0.2) is 4.79 Å². The third kappa shape index (κ3) is 24.0. The average molecular weight is 394 g/mol. The second-order valence-corrected chi connectivity index (χ2v) is 6.95. The summed E-state index contributed by atoms with van der Waals surface area (Å²) in [5.41, 5.74) is 0.373. The zero-order valence-corrected chi connectivity index (χ0v) is 17.1. The van der Waals surface area contributed by atoms with E-state index in [9.17, 15) is 14.4 Å². The lowest BCUT2D eigenvalue weighted by Crippen LogP contribution is -2.14. The van der Waals surface area contributed by atoms with E-state index in [4.69, 9.17) is 5.26 Å². The highest BCUT2D eigenvalue weighted by atomic mass is 17.3. The van der Waals surface area contributed by atoms with E-state index in [1.807, 2.05) is 13.8 Å². The van der Waals surface area contributed by atoms with E-state index in [-0.39, 0.29) is 13.2 Å². The Morgan fingerprint density at radius 1 is 0.815 bits per heavy atom. The fraction of sp³-hybridized carbons (Fsp3) is 0.833. The zero-order valence-electron chi connectivity index (χ0n) is 17.1. The lowest BCUT2D eigenvalue weighted by molar-refractivity contribution is -0.234. The highest BCUT2D eigenvalue weighted by molar-refractivity contribution is 5.68. The summed E-state index contributed by atoms with van der Waals surface area (Å²) in [6, 6.07) is 0. The fourth-order valence-electron chi connectivity index (χ4n) is 1.63. The molecule has 0 saturated carbocycles. The molecule has 160 valence electrons. The first-order chi connectivity index (χ1) is 12.7. The Balaban J connectivity index is 0. The molecule has 1 N–H and O–H groups in total. The maximum atomic E-state index is 10.6. The zero-order chi connectivity index (χ0) is 21.1. The number of ether oxygens (including phenoxy) is 2. The summed E-state index contributed by atoms with van der Waals surface area (Å²) in [6.07, 6.45) is 3.65. The quantitative estimate of drug-likeness (QED) is 0.189. The van der Waals surface area contributed by atoms with Crippen molar-refractivity contribution >= 4 is 18.3 Å². The Hall–Kier alpha value is -2.03. The molecule has 0 heterocycles. The molecule has 0 aromatic rings. The average Bonchev–Trinajstić information content (AvgIpc) is 2.61. The lowest BCUT2D eigenvalue weighted by Gasteiger charge is -2.17. The minimum atomic E-state index is -1.06. The van der Waals surface area contributed by atoms with Gasteiger partial charge in [0.1, 0.15) is 0 Å². The van der Waals surface area contributed by atoms with E-state index in [1.165, 1.54) is 6.42 Å². The van der Waals surface area contributed by atoms with Crippen LogP contribution < -0.4 is 0 Å². The van der Waals surface area contributed by atoms with E-state index in [0.29, 0.717) is 24.7 Å². The second kappa shape index (κ2) is 17.4. The van der Waals surface area contributed by atoms with Crippen LogP contribution in [0.5, 0.6) is 0 Å². The van der Waals surface area contributed by atoms with Crippen molar-refractivity contribution in [1.82, 2.24) is 0 Å². The summed E-state index contributed by atoms with van der Waals surface area (Å²) in [5.74, 6) is -0.532. The van der Waals surface area contributed by atoms with Crippen LogP contribution in [0.25, 0.3) is 0 Å². The molecule has 0 fully saturated rings. The van der Waals surface area contributed by atoms with Crippen LogP contribution in [0.1, 0.15) is 79.6 Å². The third-order valence-electron chi connectivity index (χ3n) is 2.94. The highest BCUT2D eigenvalue weighted by Gasteiger charge is 2.11. The normalized spacial score (nSPS) is 10.1. The van der Waals surface area contributed by atoms with Gasteiger partial charge in [0.05, 0.1) is 13.2 Å². The minimum Gasteiger partial charge on any atom is -0.432 e. The standard InChI is InChI=1S/C10H20O3.C8H14O6/c1-10(2,3)8-6-4-5-7-9(11)13-12;1-3-5-11-7(9)13-14-8(10)12-6-4-2/h12H,4-8H2,1-3H3;3-6H2,1-2H3. The molecule has 0 amide bonds. The monoisotopic (exact) mass is 394 g/mol. The summed E-state index contributed by atoms with van der Waals surface area (Å²) in [6.45, 7) is 10.7. The van der Waals surface area contributed by atoms with Crippen molar-refractivity contribution in [2.45, 2.75) is 79.6 Å². The van der Waals surface area contributed by atoms with E-state index in [1.54, 1.807) is 0 Å². The van der Waals surface area contributed by atoms with Gasteiger partial charge in [0.2, 0.25) is 0 Å². The summed E-state index contributed by atoms with van der Waals surface area (Å²) in [5, 5.41) is 7.97. The first-order valence-corrected chi connectivity index (χ1v) is 9.18. The van der Waals surface area contributed by atoms with Crippen LogP contribution in [0, 0.1) is 5.41 Å². The van der Waals surface area contributed by atoms with Gasteiger partial charge in [0.15, 0.2) is 0 Å². The Bertz CT molecular complexity index is 382. The second-order valence-electron chi connectivity index (χ2n) is 6.95. The molecule has 0 unspecified atom stereocenters. The van der Waals surface area contributed by atoms with E-state index in [2.05, 4.69) is 44.9 Å². The van der Waals surface area contributed by atoms with Crippen molar-refractivity contribution < 1.29 is 43.8 Å². The number of carbonyl (C=O) groups excluding carboxylic acids is 3. The van der Waals surface area contributed by atoms with Crippen molar-refractivity contribution in [3.8, 4) is 0 Å². The highest BCUT2D eigenvalue weighted by Crippen LogP contribution is 2.22. The Kier molecular flexibility index (Phi) is 17.5. The van der Waals surface area contributed by atoms with Gasteiger partial charge in [-0.1, -0.05) is 47.5 Å². The van der Waals surface area contributed by atoms with Gasteiger partial charge in [-0.2, -0.15) is 24.6 Å². The predicted octanol–water partition coefficient (Wildman–Crippen LogP) is 5.03. The molecule has 0 aromatic heterocycles. The maximum Gasteiger partial charge on any atom is 0.549 e. The van der Waals surface area contributed by atoms with Gasteiger partial charge in [-0.3, -0.25) is 0 Å². The smallest absolute Gasteiger partial charge is 0.432 e. The molecule has 0 atom stereocenters. The molecule has 0 bridgehead atoms. The SMILES string of the molecule is CC(C)(C)CCCCCC(=O)OO.CCCOC(=O)OOC(=O)OCCC. The summed E-state index contributed by atoms with van der Waals surface area (Å²) in [4.78, 5) is 43.2. The van der Waals surface area contributed by atoms with Crippen LogP contribution in [0.3, 0.4) is 0 Å². The van der Waals surface area contributed by atoms with Gasteiger partial charge >= 0.3 is 18.3 Å². The van der Waals surface area contributed by atoms with Crippen molar-refractivity contribution in [2.24, 2.45) is 5.41 Å². The fourth-order valence-corrected chi connectivity index (χ4v) is 1.63. The van der Waals surface area contributed by atoms with E-state index < -0.39 is 18.3 Å². The molecule has 9 heteroatoms. The molecular formula is C18H34O9. The van der Waals surface area contributed by atoms with Gasteiger partial charge < -0.3 is 14.4 Å². The summed E-state index contributed by atoms with van der Waals surface area (Å²) >= 11 is 0. The number of hydrogen-bond acceptors (Lipinski definition) is 9. The van der Waals surface area contributed by atoms with Gasteiger partial charge in [0.25, 0.3) is 0 Å². The summed E-state index contributed by atoms with van der Waals surface area (Å²) in [7, 11) is 0. The number of rotatable bonds is 9. The first-order valence-electron chi connectivity index (χ1n) is 9.18. The minimum absolute atomic E-state index is 0.214. The Morgan fingerprint density at radius 3 is 1.67 bits per heavy atom. The molecule has 0 rings (SSSR count). The van der Waals surface area contributed by atoms with Crippen LogP contribution in [0.15, 0.2) is 0 Å².